The van der Waals surface area contributed by atoms with Crippen molar-refractivity contribution in [1.29, 1.82) is 0 Å². The van der Waals surface area contributed by atoms with Crippen LogP contribution in [0, 0.1) is 0 Å². The number of fused-ring (bicyclic) bond motifs is 10. The van der Waals surface area contributed by atoms with Gasteiger partial charge in [-0.3, -0.25) is 0 Å². The molecule has 0 bridgehead atoms. The molecular weight excluding hydrogens is 643 g/mol. The van der Waals surface area contributed by atoms with Crippen molar-refractivity contribution in [2.45, 2.75) is 0 Å². The first-order valence-corrected chi connectivity index (χ1v) is 18.2. The second-order valence-electron chi connectivity index (χ2n) is 13.7. The van der Waals surface area contributed by atoms with Crippen molar-refractivity contribution in [1.82, 2.24) is 9.13 Å². The van der Waals surface area contributed by atoms with E-state index in [1.807, 2.05) is 0 Å². The van der Waals surface area contributed by atoms with Gasteiger partial charge in [0, 0.05) is 55.5 Å². The van der Waals surface area contributed by atoms with Gasteiger partial charge in [-0.1, -0.05) is 140 Å². The third kappa shape index (κ3) is 4.41. The van der Waals surface area contributed by atoms with E-state index in [4.69, 9.17) is 0 Å². The van der Waals surface area contributed by atoms with Gasteiger partial charge in [0.25, 0.3) is 0 Å². The first-order valence-electron chi connectivity index (χ1n) is 18.2. The van der Waals surface area contributed by atoms with Gasteiger partial charge in [-0.15, -0.1) is 0 Å². The first kappa shape index (κ1) is 29.6. The second kappa shape index (κ2) is 11.7. The average molecular weight is 676 g/mol. The normalized spacial score (nSPS) is 12.1. The summed E-state index contributed by atoms with van der Waals surface area (Å²) in [5.74, 6) is 0. The Kier molecular flexibility index (Phi) is 6.55. The van der Waals surface area contributed by atoms with Crippen molar-refractivity contribution in [2.24, 2.45) is 0 Å². The number of nitrogens with zero attached hydrogens (tertiary/aromatic N) is 3. The van der Waals surface area contributed by atoms with E-state index in [1.54, 1.807) is 0 Å². The average Bonchev–Trinajstić information content (AvgIpc) is 3.71. The van der Waals surface area contributed by atoms with Gasteiger partial charge < -0.3 is 14.0 Å². The van der Waals surface area contributed by atoms with Crippen molar-refractivity contribution in [2.75, 3.05) is 4.90 Å². The highest BCUT2D eigenvalue weighted by molar-refractivity contribution is 6.15. The van der Waals surface area contributed by atoms with Gasteiger partial charge in [0.05, 0.1) is 33.6 Å². The van der Waals surface area contributed by atoms with Crippen LogP contribution in [0.1, 0.15) is 0 Å². The van der Waals surface area contributed by atoms with Gasteiger partial charge in [0.15, 0.2) is 0 Å². The van der Waals surface area contributed by atoms with Gasteiger partial charge in [0.1, 0.15) is 0 Å². The molecule has 0 spiro atoms. The highest BCUT2D eigenvalue weighted by Gasteiger charge is 2.33. The lowest BCUT2D eigenvalue weighted by Crippen LogP contribution is -2.12. The van der Waals surface area contributed by atoms with Crippen molar-refractivity contribution >= 4 is 49.8 Å². The van der Waals surface area contributed by atoms with E-state index in [0.29, 0.717) is 0 Å². The molecule has 3 heteroatoms. The largest absolute Gasteiger partial charge is 0.309 e. The van der Waals surface area contributed by atoms with Crippen LogP contribution in [0.25, 0.3) is 77.6 Å². The highest BCUT2D eigenvalue weighted by atomic mass is 15.2. The predicted molar refractivity (Wildman–Crippen MR) is 222 cm³/mol. The Labute approximate surface area is 307 Å². The van der Waals surface area contributed by atoms with E-state index in [0.717, 1.165) is 22.7 Å². The molecule has 0 unspecified atom stereocenters. The minimum absolute atomic E-state index is 1.12. The maximum absolute atomic E-state index is 2.48. The Balaban J connectivity index is 1.20. The van der Waals surface area contributed by atoms with Crippen molar-refractivity contribution in [3.05, 3.63) is 200 Å². The summed E-state index contributed by atoms with van der Waals surface area (Å²) in [6, 6.07) is 72.7. The fourth-order valence-corrected chi connectivity index (χ4v) is 8.66. The highest BCUT2D eigenvalue weighted by Crippen LogP contribution is 2.56. The van der Waals surface area contributed by atoms with E-state index >= 15 is 0 Å². The van der Waals surface area contributed by atoms with Crippen LogP contribution in [0.3, 0.4) is 0 Å². The minimum Gasteiger partial charge on any atom is -0.309 e. The number of rotatable bonds is 4. The summed E-state index contributed by atoms with van der Waals surface area (Å²) in [5, 5.41) is 3.77. The molecule has 0 radical (unpaired) electrons. The quantitative estimate of drug-likeness (QED) is 0.181. The van der Waals surface area contributed by atoms with Gasteiger partial charge in [-0.25, -0.2) is 0 Å². The third-order valence-corrected chi connectivity index (χ3v) is 10.8. The van der Waals surface area contributed by atoms with Crippen LogP contribution >= 0.6 is 0 Å². The summed E-state index contributed by atoms with van der Waals surface area (Å²) in [6.07, 6.45) is 0. The van der Waals surface area contributed by atoms with Gasteiger partial charge in [0.2, 0.25) is 0 Å². The zero-order valence-electron chi connectivity index (χ0n) is 28.9. The van der Waals surface area contributed by atoms with Crippen molar-refractivity contribution in [3.63, 3.8) is 0 Å². The molecule has 1 aliphatic heterocycles. The monoisotopic (exact) mass is 675 g/mol. The lowest BCUT2D eigenvalue weighted by Gasteiger charge is -2.30. The molecule has 0 N–H and O–H groups in total. The van der Waals surface area contributed by atoms with E-state index in [9.17, 15) is 0 Å². The van der Waals surface area contributed by atoms with Gasteiger partial charge in [-0.05, 0) is 66.2 Å². The molecule has 3 heterocycles. The van der Waals surface area contributed by atoms with Crippen molar-refractivity contribution < 1.29 is 0 Å². The molecule has 8 aromatic carbocycles. The maximum atomic E-state index is 2.48. The van der Waals surface area contributed by atoms with Crippen LogP contribution in [0.15, 0.2) is 200 Å². The summed E-state index contributed by atoms with van der Waals surface area (Å²) in [4.78, 5) is 2.48. The Morgan fingerprint density at radius 3 is 1.47 bits per heavy atom. The predicted octanol–water partition coefficient (Wildman–Crippen LogP) is 13.5. The van der Waals surface area contributed by atoms with E-state index in [-0.39, 0.29) is 0 Å². The Bertz CT molecular complexity index is 2930. The van der Waals surface area contributed by atoms with Crippen LogP contribution in [-0.4, -0.2) is 9.13 Å². The number of benzene rings is 8. The van der Waals surface area contributed by atoms with Crippen LogP contribution < -0.4 is 4.90 Å². The molecule has 0 saturated heterocycles. The molecule has 0 fully saturated rings. The number of aromatic nitrogens is 2. The maximum Gasteiger partial charge on any atom is 0.0641 e. The third-order valence-electron chi connectivity index (χ3n) is 10.8. The standard InChI is InChI=1S/C50H33N3/c1-3-16-35(17-4-1)52-47-29-14-10-23-42(47)50-48(41-22-9-13-28-46(41)53(50)36-18-5-2-6-19-36)43-25-15-24-38(49(43)52)34-30-32-37(33-31-34)51-44-26-11-7-20-39(44)40-21-8-12-27-45(40)51/h1-33H. The zero-order valence-corrected chi connectivity index (χ0v) is 28.9. The lowest BCUT2D eigenvalue weighted by atomic mass is 9.93. The van der Waals surface area contributed by atoms with Gasteiger partial charge in [-0.2, -0.15) is 0 Å². The summed E-state index contributed by atoms with van der Waals surface area (Å²) < 4.78 is 4.84. The number of hydrogen-bond donors (Lipinski definition) is 0. The van der Waals surface area contributed by atoms with Crippen molar-refractivity contribution in [3.8, 4) is 44.9 Å². The summed E-state index contributed by atoms with van der Waals surface area (Å²) in [5.41, 5.74) is 16.5. The molecular formula is C50H33N3. The minimum atomic E-state index is 1.12. The Hall–Kier alpha value is -7.10. The van der Waals surface area contributed by atoms with Crippen LogP contribution in [0.4, 0.5) is 17.1 Å². The molecule has 10 aromatic rings. The van der Waals surface area contributed by atoms with Crippen LogP contribution in [0.5, 0.6) is 0 Å². The molecule has 0 saturated carbocycles. The number of hydrogen-bond acceptors (Lipinski definition) is 1. The second-order valence-corrected chi connectivity index (χ2v) is 13.7. The molecule has 0 atom stereocenters. The molecule has 1 aliphatic rings. The fraction of sp³-hybridized carbons (Fsp3) is 0. The van der Waals surface area contributed by atoms with E-state index in [2.05, 4.69) is 214 Å². The molecule has 3 nitrogen and oxygen atoms in total. The van der Waals surface area contributed by atoms with E-state index < -0.39 is 0 Å². The SMILES string of the molecule is c1ccc(N2c3ccccc3-c3c(c4ccccc4n3-c3ccccc3)-c3cccc(-c4ccc(-n5c6ccccc6c6ccccc65)cc4)c32)cc1. The first-order chi connectivity index (χ1) is 26.3. The molecule has 2 aromatic heterocycles. The molecule has 248 valence electrons. The number of para-hydroxylation sites is 7. The lowest BCUT2D eigenvalue weighted by molar-refractivity contribution is 1.13. The summed E-state index contributed by atoms with van der Waals surface area (Å²) in [6.45, 7) is 0. The summed E-state index contributed by atoms with van der Waals surface area (Å²) in [7, 11) is 0. The zero-order chi connectivity index (χ0) is 34.9. The topological polar surface area (TPSA) is 13.1 Å². The Morgan fingerprint density at radius 2 is 0.792 bits per heavy atom. The Morgan fingerprint density at radius 1 is 0.302 bits per heavy atom. The molecule has 0 amide bonds. The molecule has 11 rings (SSSR count). The molecule has 0 aliphatic carbocycles. The summed E-state index contributed by atoms with van der Waals surface area (Å²) >= 11 is 0. The smallest absolute Gasteiger partial charge is 0.0641 e. The molecule has 53 heavy (non-hydrogen) atoms. The van der Waals surface area contributed by atoms with Crippen LogP contribution in [-0.2, 0) is 0 Å². The van der Waals surface area contributed by atoms with Gasteiger partial charge >= 0.3 is 0 Å². The number of anilines is 3. The van der Waals surface area contributed by atoms with E-state index in [1.165, 1.54) is 71.9 Å². The fourth-order valence-electron chi connectivity index (χ4n) is 8.66. The van der Waals surface area contributed by atoms with Crippen LogP contribution in [0.2, 0.25) is 0 Å².